The van der Waals surface area contributed by atoms with E-state index in [-0.39, 0.29) is 22.5 Å². The number of halogens is 2. The predicted octanol–water partition coefficient (Wildman–Crippen LogP) is 4.93. The maximum atomic E-state index is 14.9. The molecule has 32 heavy (non-hydrogen) atoms. The quantitative estimate of drug-likeness (QED) is 0.385. The van der Waals surface area contributed by atoms with Crippen LogP contribution in [-0.2, 0) is 15.9 Å². The summed E-state index contributed by atoms with van der Waals surface area (Å²) in [5, 5.41) is 3.31. The van der Waals surface area contributed by atoms with Crippen LogP contribution in [0.5, 0.6) is 0 Å². The summed E-state index contributed by atoms with van der Waals surface area (Å²) in [6, 6.07) is 19.4. The zero-order valence-corrected chi connectivity index (χ0v) is 17.7. The van der Waals surface area contributed by atoms with Crippen LogP contribution in [0.1, 0.15) is 21.6 Å². The lowest BCUT2D eigenvalue weighted by Gasteiger charge is -2.18. The molecule has 0 aliphatic rings. The molecule has 0 atom stereocenters. The monoisotopic (exact) mass is 455 g/mol. The van der Waals surface area contributed by atoms with Gasteiger partial charge in [0.1, 0.15) is 5.69 Å². The molecule has 164 valence electrons. The van der Waals surface area contributed by atoms with E-state index >= 15 is 0 Å². The molecule has 1 aromatic heterocycles. The number of aromatic amines is 1. The van der Waals surface area contributed by atoms with Crippen LogP contribution in [0.3, 0.4) is 0 Å². The number of fused-ring (bicyclic) bond motifs is 1. The van der Waals surface area contributed by atoms with Crippen LogP contribution < -0.4 is 10.0 Å². The minimum atomic E-state index is -3.44. The molecule has 0 saturated heterocycles. The summed E-state index contributed by atoms with van der Waals surface area (Å²) in [5.74, 6) is -3.73. The van der Waals surface area contributed by atoms with Crippen molar-refractivity contribution in [2.24, 2.45) is 0 Å². The molecule has 0 aliphatic heterocycles. The molecule has 3 aromatic carbocycles. The summed E-state index contributed by atoms with van der Waals surface area (Å²) in [6.07, 6.45) is 1.04. The molecule has 3 N–H and O–H groups in total. The number of anilines is 2. The zero-order valence-electron chi connectivity index (χ0n) is 16.9. The number of amides is 1. The maximum Gasteiger partial charge on any atom is 0.298 e. The minimum absolute atomic E-state index is 0.141. The molecule has 1 amide bonds. The van der Waals surface area contributed by atoms with Crippen molar-refractivity contribution in [1.82, 2.24) is 4.98 Å². The van der Waals surface area contributed by atoms with Crippen molar-refractivity contribution in [3.8, 4) is 0 Å². The Kier molecular flexibility index (Phi) is 5.43. The van der Waals surface area contributed by atoms with Crippen LogP contribution in [0.25, 0.3) is 10.9 Å². The van der Waals surface area contributed by atoms with E-state index in [1.165, 1.54) is 36.4 Å². The van der Waals surface area contributed by atoms with Gasteiger partial charge in [-0.05, 0) is 30.3 Å². The van der Waals surface area contributed by atoms with Gasteiger partial charge in [-0.2, -0.15) is 8.78 Å². The highest BCUT2D eigenvalue weighted by Crippen LogP contribution is 2.36. The molecular formula is C23H19F2N3O3S. The molecule has 0 radical (unpaired) electrons. The third-order valence-corrected chi connectivity index (χ3v) is 5.40. The number of sulfonamides is 1. The average Bonchev–Trinajstić information content (AvgIpc) is 3.17. The first-order valence-electron chi connectivity index (χ1n) is 9.58. The fourth-order valence-corrected chi connectivity index (χ4v) is 3.89. The topological polar surface area (TPSA) is 91.1 Å². The van der Waals surface area contributed by atoms with Gasteiger partial charge in [0.15, 0.2) is 0 Å². The SMILES string of the molecule is CS(=O)(=O)Nc1ccc2cc(C(=O)Nc3cccc(C(F)(F)c4ccccc4)c3)[nH]c2c1. The van der Waals surface area contributed by atoms with Gasteiger partial charge in [-0.25, -0.2) is 8.42 Å². The number of rotatable bonds is 6. The van der Waals surface area contributed by atoms with Crippen molar-refractivity contribution in [2.45, 2.75) is 5.92 Å². The summed E-state index contributed by atoms with van der Waals surface area (Å²) in [5.41, 5.74) is 0.947. The Morgan fingerprint density at radius 2 is 1.59 bits per heavy atom. The third-order valence-electron chi connectivity index (χ3n) is 4.79. The van der Waals surface area contributed by atoms with Gasteiger partial charge in [-0.1, -0.05) is 48.5 Å². The van der Waals surface area contributed by atoms with E-state index < -0.39 is 21.9 Å². The summed E-state index contributed by atoms with van der Waals surface area (Å²) >= 11 is 0. The van der Waals surface area contributed by atoms with Gasteiger partial charge in [-0.15, -0.1) is 0 Å². The number of alkyl halides is 2. The molecular weight excluding hydrogens is 436 g/mol. The highest BCUT2D eigenvalue weighted by Gasteiger charge is 2.33. The van der Waals surface area contributed by atoms with Gasteiger partial charge in [-0.3, -0.25) is 9.52 Å². The first-order chi connectivity index (χ1) is 15.1. The van der Waals surface area contributed by atoms with Crippen molar-refractivity contribution < 1.29 is 22.0 Å². The number of benzene rings is 3. The van der Waals surface area contributed by atoms with Crippen molar-refractivity contribution in [2.75, 3.05) is 16.3 Å². The number of carbonyl (C=O) groups excluding carboxylic acids is 1. The molecule has 0 bridgehead atoms. The van der Waals surface area contributed by atoms with Crippen LogP contribution >= 0.6 is 0 Å². The van der Waals surface area contributed by atoms with E-state index in [4.69, 9.17) is 0 Å². The van der Waals surface area contributed by atoms with Gasteiger partial charge >= 0.3 is 0 Å². The molecule has 0 saturated carbocycles. The van der Waals surface area contributed by atoms with Crippen molar-refractivity contribution in [1.29, 1.82) is 0 Å². The molecule has 0 spiro atoms. The summed E-state index contributed by atoms with van der Waals surface area (Å²) in [6.45, 7) is 0. The lowest BCUT2D eigenvalue weighted by atomic mass is 10.00. The van der Waals surface area contributed by atoms with E-state index in [0.717, 1.165) is 6.26 Å². The molecule has 0 aliphatic carbocycles. The van der Waals surface area contributed by atoms with Gasteiger partial charge in [0.25, 0.3) is 11.8 Å². The Hall–Kier alpha value is -3.72. The lowest BCUT2D eigenvalue weighted by Crippen LogP contribution is -2.17. The van der Waals surface area contributed by atoms with E-state index in [0.29, 0.717) is 16.6 Å². The number of hydrogen-bond acceptors (Lipinski definition) is 3. The Morgan fingerprint density at radius 1 is 0.875 bits per heavy atom. The van der Waals surface area contributed by atoms with Gasteiger partial charge in [0.05, 0.1) is 11.9 Å². The van der Waals surface area contributed by atoms with Crippen LogP contribution in [0.4, 0.5) is 20.2 Å². The Labute approximate surface area is 183 Å². The smallest absolute Gasteiger partial charge is 0.298 e. The van der Waals surface area contributed by atoms with Crippen molar-refractivity contribution in [3.05, 3.63) is 95.7 Å². The molecule has 0 fully saturated rings. The maximum absolute atomic E-state index is 14.9. The third kappa shape index (κ3) is 4.62. The molecule has 4 aromatic rings. The minimum Gasteiger partial charge on any atom is -0.350 e. The molecule has 4 rings (SSSR count). The molecule has 6 nitrogen and oxygen atoms in total. The second-order valence-electron chi connectivity index (χ2n) is 7.33. The van der Waals surface area contributed by atoms with Crippen molar-refractivity contribution >= 4 is 38.2 Å². The Bertz CT molecular complexity index is 1400. The fourth-order valence-electron chi connectivity index (χ4n) is 3.33. The molecule has 9 heteroatoms. The summed E-state index contributed by atoms with van der Waals surface area (Å²) in [4.78, 5) is 15.6. The lowest BCUT2D eigenvalue weighted by molar-refractivity contribution is 0.0429. The zero-order chi connectivity index (χ0) is 22.9. The van der Waals surface area contributed by atoms with Crippen LogP contribution in [0.2, 0.25) is 0 Å². The number of nitrogens with one attached hydrogen (secondary N) is 3. The fraction of sp³-hybridized carbons (Fsp3) is 0.0870. The van der Waals surface area contributed by atoms with Gasteiger partial charge in [0.2, 0.25) is 10.0 Å². The first kappa shape index (κ1) is 21.5. The van der Waals surface area contributed by atoms with E-state index in [1.807, 2.05) is 0 Å². The Balaban J connectivity index is 1.57. The summed E-state index contributed by atoms with van der Waals surface area (Å²) < 4.78 is 54.9. The van der Waals surface area contributed by atoms with E-state index in [9.17, 15) is 22.0 Å². The second-order valence-corrected chi connectivity index (χ2v) is 9.08. The average molecular weight is 455 g/mol. The Morgan fingerprint density at radius 3 is 2.31 bits per heavy atom. The number of aromatic nitrogens is 1. The second kappa shape index (κ2) is 8.08. The van der Waals surface area contributed by atoms with Gasteiger partial charge in [0, 0.05) is 27.7 Å². The van der Waals surface area contributed by atoms with Crippen LogP contribution in [0, 0.1) is 0 Å². The molecule has 1 heterocycles. The van der Waals surface area contributed by atoms with E-state index in [1.54, 1.807) is 42.5 Å². The predicted molar refractivity (Wildman–Crippen MR) is 121 cm³/mol. The van der Waals surface area contributed by atoms with Crippen LogP contribution in [-0.4, -0.2) is 25.6 Å². The highest BCUT2D eigenvalue weighted by atomic mass is 32.2. The highest BCUT2D eigenvalue weighted by molar-refractivity contribution is 7.92. The number of hydrogen-bond donors (Lipinski definition) is 3. The summed E-state index contributed by atoms with van der Waals surface area (Å²) in [7, 11) is -3.44. The van der Waals surface area contributed by atoms with Crippen molar-refractivity contribution in [3.63, 3.8) is 0 Å². The number of H-pyrrole nitrogens is 1. The normalized spacial score (nSPS) is 12.0. The standard InChI is InChI=1S/C23H19F2N3O3S/c1-32(30,31)28-19-11-10-15-12-21(27-20(15)14-19)22(29)26-18-9-5-8-17(13-18)23(24,25)16-6-3-2-4-7-16/h2-14,27-28H,1H3,(H,26,29). The van der Waals surface area contributed by atoms with E-state index in [2.05, 4.69) is 15.0 Å². The van der Waals surface area contributed by atoms with Gasteiger partial charge < -0.3 is 10.3 Å². The number of carbonyl (C=O) groups is 1. The first-order valence-corrected chi connectivity index (χ1v) is 11.5. The van der Waals surface area contributed by atoms with Crippen LogP contribution in [0.15, 0.2) is 78.9 Å². The largest absolute Gasteiger partial charge is 0.350 e. The molecule has 0 unspecified atom stereocenters.